The Kier molecular flexibility index (Phi) is 4.33. The van der Waals surface area contributed by atoms with E-state index in [1.807, 2.05) is 0 Å². The van der Waals surface area contributed by atoms with E-state index in [1.165, 1.54) is 11.8 Å². The van der Waals surface area contributed by atoms with Crippen LogP contribution < -0.4 is 5.32 Å². The normalized spacial score (nSPS) is 18.7. The number of rotatable bonds is 2. The lowest BCUT2D eigenvalue weighted by Crippen LogP contribution is -2.52. The Morgan fingerprint density at radius 3 is 2.29 bits per heavy atom. The molecule has 8 heteroatoms. The summed E-state index contributed by atoms with van der Waals surface area (Å²) in [6.45, 7) is 2.58. The molecule has 1 heterocycles. The predicted molar refractivity (Wildman–Crippen MR) is 51.1 cm³/mol. The number of hydrogen-bond donors (Lipinski definition) is 1. The number of morpholine rings is 1. The number of amides is 2. The largest absolute Gasteiger partial charge is 0.471 e. The van der Waals surface area contributed by atoms with Crippen molar-refractivity contribution in [2.24, 2.45) is 0 Å². The molecule has 1 N–H and O–H groups in total. The van der Waals surface area contributed by atoms with Crippen molar-refractivity contribution in [3.8, 4) is 0 Å². The first kappa shape index (κ1) is 13.8. The van der Waals surface area contributed by atoms with Crippen LogP contribution in [0.2, 0.25) is 0 Å². The summed E-state index contributed by atoms with van der Waals surface area (Å²) in [5.41, 5.74) is 0. The highest BCUT2D eigenvalue weighted by Gasteiger charge is 2.40. The Labute approximate surface area is 95.9 Å². The van der Waals surface area contributed by atoms with E-state index in [4.69, 9.17) is 4.74 Å². The fraction of sp³-hybridized carbons (Fsp3) is 0.778. The quantitative estimate of drug-likeness (QED) is 0.749. The first-order chi connectivity index (χ1) is 7.82. The Morgan fingerprint density at radius 1 is 1.29 bits per heavy atom. The van der Waals surface area contributed by atoms with Crippen LogP contribution >= 0.6 is 0 Å². The van der Waals surface area contributed by atoms with E-state index >= 15 is 0 Å². The maximum Gasteiger partial charge on any atom is 0.471 e. The number of halogens is 3. The van der Waals surface area contributed by atoms with Gasteiger partial charge >= 0.3 is 12.1 Å². The second-order valence-corrected chi connectivity index (χ2v) is 3.63. The molecule has 0 bridgehead atoms. The minimum Gasteiger partial charge on any atom is -0.378 e. The third-order valence-corrected chi connectivity index (χ3v) is 2.30. The summed E-state index contributed by atoms with van der Waals surface area (Å²) in [4.78, 5) is 23.6. The molecule has 0 spiro atoms. The van der Waals surface area contributed by atoms with Crippen molar-refractivity contribution >= 4 is 11.8 Å². The molecule has 1 saturated heterocycles. The van der Waals surface area contributed by atoms with Crippen molar-refractivity contribution in [1.82, 2.24) is 10.2 Å². The Morgan fingerprint density at radius 2 is 1.82 bits per heavy atom. The van der Waals surface area contributed by atoms with E-state index in [-0.39, 0.29) is 0 Å². The van der Waals surface area contributed by atoms with Crippen molar-refractivity contribution in [3.63, 3.8) is 0 Å². The van der Waals surface area contributed by atoms with Gasteiger partial charge in [-0.2, -0.15) is 13.2 Å². The summed E-state index contributed by atoms with van der Waals surface area (Å²) in [6, 6.07) is -1.19. The van der Waals surface area contributed by atoms with E-state index in [0.717, 1.165) is 0 Å². The molecule has 1 unspecified atom stereocenters. The first-order valence-corrected chi connectivity index (χ1v) is 5.06. The van der Waals surface area contributed by atoms with Crippen molar-refractivity contribution < 1.29 is 27.5 Å². The highest BCUT2D eigenvalue weighted by molar-refractivity contribution is 5.89. The van der Waals surface area contributed by atoms with Gasteiger partial charge in [0.15, 0.2) is 0 Å². The van der Waals surface area contributed by atoms with Crippen LogP contribution in [-0.2, 0) is 14.3 Å². The van der Waals surface area contributed by atoms with Crippen molar-refractivity contribution in [2.45, 2.75) is 19.1 Å². The topological polar surface area (TPSA) is 58.6 Å². The van der Waals surface area contributed by atoms with Gasteiger partial charge in [-0.05, 0) is 6.92 Å². The van der Waals surface area contributed by atoms with Gasteiger partial charge < -0.3 is 15.0 Å². The van der Waals surface area contributed by atoms with Crippen LogP contribution in [0.5, 0.6) is 0 Å². The fourth-order valence-electron chi connectivity index (χ4n) is 1.40. The molecular weight excluding hydrogens is 241 g/mol. The zero-order valence-corrected chi connectivity index (χ0v) is 9.21. The number of carbonyl (C=O) groups excluding carboxylic acids is 2. The van der Waals surface area contributed by atoms with Gasteiger partial charge in [-0.1, -0.05) is 0 Å². The van der Waals surface area contributed by atoms with Crippen LogP contribution in [0.25, 0.3) is 0 Å². The number of ether oxygens (including phenoxy) is 1. The molecule has 1 aliphatic heterocycles. The van der Waals surface area contributed by atoms with Gasteiger partial charge in [-0.25, -0.2) is 0 Å². The lowest BCUT2D eigenvalue weighted by molar-refractivity contribution is -0.175. The summed E-state index contributed by atoms with van der Waals surface area (Å²) in [6.07, 6.45) is -4.97. The van der Waals surface area contributed by atoms with Crippen LogP contribution in [0.15, 0.2) is 0 Å². The van der Waals surface area contributed by atoms with Gasteiger partial charge in [0.2, 0.25) is 5.91 Å². The molecule has 98 valence electrons. The zero-order chi connectivity index (χ0) is 13.1. The van der Waals surface area contributed by atoms with Gasteiger partial charge in [-0.15, -0.1) is 0 Å². The Hall–Kier alpha value is -1.31. The first-order valence-electron chi connectivity index (χ1n) is 5.06. The number of alkyl halides is 3. The summed E-state index contributed by atoms with van der Waals surface area (Å²) in [5, 5.41) is 1.62. The van der Waals surface area contributed by atoms with Gasteiger partial charge in [0, 0.05) is 13.1 Å². The molecule has 1 aliphatic rings. The van der Waals surface area contributed by atoms with Crippen LogP contribution in [0, 0.1) is 0 Å². The molecule has 2 amide bonds. The van der Waals surface area contributed by atoms with E-state index in [9.17, 15) is 22.8 Å². The number of hydrogen-bond acceptors (Lipinski definition) is 3. The predicted octanol–water partition coefficient (Wildman–Crippen LogP) is -0.0878. The molecule has 0 aromatic carbocycles. The molecule has 0 radical (unpaired) electrons. The lowest BCUT2D eigenvalue weighted by atomic mass is 10.2. The Bertz CT molecular complexity index is 300. The smallest absolute Gasteiger partial charge is 0.378 e. The summed E-state index contributed by atoms with van der Waals surface area (Å²) in [5.74, 6) is -2.64. The van der Waals surface area contributed by atoms with Crippen molar-refractivity contribution in [2.75, 3.05) is 26.3 Å². The highest BCUT2D eigenvalue weighted by atomic mass is 19.4. The zero-order valence-electron chi connectivity index (χ0n) is 9.21. The van der Waals surface area contributed by atoms with Crippen LogP contribution in [0.4, 0.5) is 13.2 Å². The number of carbonyl (C=O) groups is 2. The van der Waals surface area contributed by atoms with Crippen LogP contribution in [0.3, 0.4) is 0 Å². The average Bonchev–Trinajstić information content (AvgIpc) is 2.27. The lowest BCUT2D eigenvalue weighted by Gasteiger charge is -2.29. The number of nitrogens with zero attached hydrogens (tertiary/aromatic N) is 1. The SMILES string of the molecule is CC(NC(=O)C(F)(F)F)C(=O)N1CCOCC1. The molecule has 0 aliphatic carbocycles. The molecule has 17 heavy (non-hydrogen) atoms. The minimum atomic E-state index is -4.97. The third-order valence-electron chi connectivity index (χ3n) is 2.30. The average molecular weight is 254 g/mol. The second kappa shape index (κ2) is 5.35. The molecule has 5 nitrogen and oxygen atoms in total. The summed E-state index contributed by atoms with van der Waals surface area (Å²) < 4.78 is 40.9. The third kappa shape index (κ3) is 3.88. The van der Waals surface area contributed by atoms with E-state index < -0.39 is 24.0 Å². The van der Waals surface area contributed by atoms with Crippen LogP contribution in [-0.4, -0.2) is 55.2 Å². The molecule has 0 aromatic rings. The minimum absolute atomic E-state index is 0.324. The molecular formula is C9H13F3N2O3. The summed E-state index contributed by atoms with van der Waals surface area (Å²) in [7, 11) is 0. The maximum atomic E-state index is 12.0. The van der Waals surface area contributed by atoms with Crippen molar-refractivity contribution in [1.29, 1.82) is 0 Å². The van der Waals surface area contributed by atoms with Gasteiger partial charge in [0.05, 0.1) is 13.2 Å². The highest BCUT2D eigenvalue weighted by Crippen LogP contribution is 2.14. The Balaban J connectivity index is 2.49. The van der Waals surface area contributed by atoms with Gasteiger partial charge in [0.25, 0.3) is 0 Å². The molecule has 1 atom stereocenters. The molecule has 1 fully saturated rings. The van der Waals surface area contributed by atoms with Gasteiger partial charge in [0.1, 0.15) is 6.04 Å². The van der Waals surface area contributed by atoms with Crippen molar-refractivity contribution in [3.05, 3.63) is 0 Å². The van der Waals surface area contributed by atoms with E-state index in [1.54, 1.807) is 5.32 Å². The van der Waals surface area contributed by atoms with Gasteiger partial charge in [-0.3, -0.25) is 9.59 Å². The summed E-state index contributed by atoms with van der Waals surface area (Å²) >= 11 is 0. The van der Waals surface area contributed by atoms with Crippen LogP contribution in [0.1, 0.15) is 6.92 Å². The molecule has 0 aromatic heterocycles. The monoisotopic (exact) mass is 254 g/mol. The van der Waals surface area contributed by atoms with E-state index in [2.05, 4.69) is 0 Å². The molecule has 0 saturated carbocycles. The maximum absolute atomic E-state index is 12.0. The van der Waals surface area contributed by atoms with E-state index in [0.29, 0.717) is 26.3 Å². The molecule has 1 rings (SSSR count). The standard InChI is InChI=1S/C9H13F3N2O3/c1-6(13-8(16)9(10,11)12)7(15)14-2-4-17-5-3-14/h6H,2-5H2,1H3,(H,13,16). The number of nitrogens with one attached hydrogen (secondary N) is 1. The second-order valence-electron chi connectivity index (χ2n) is 3.63. The fourth-order valence-corrected chi connectivity index (χ4v) is 1.40.